The van der Waals surface area contributed by atoms with Gasteiger partial charge in [-0.1, -0.05) is 23.8 Å². The molecule has 2 aromatic carbocycles. The van der Waals surface area contributed by atoms with Gasteiger partial charge in [0.2, 0.25) is 11.2 Å². The van der Waals surface area contributed by atoms with E-state index in [0.29, 0.717) is 0 Å². The predicted molar refractivity (Wildman–Crippen MR) is 91.9 cm³/mol. The maximum Gasteiger partial charge on any atom is 0.270 e. The number of nitro benzene ring substituents is 1. The smallest absolute Gasteiger partial charge is 0.258 e. The lowest BCUT2D eigenvalue weighted by Crippen LogP contribution is -2.32. The fourth-order valence-corrected chi connectivity index (χ4v) is 2.63. The van der Waals surface area contributed by atoms with E-state index in [-0.39, 0.29) is 10.6 Å². The van der Waals surface area contributed by atoms with Crippen LogP contribution in [0.5, 0.6) is 0 Å². The molecule has 114 valence electrons. The van der Waals surface area contributed by atoms with Gasteiger partial charge in [-0.3, -0.25) is 10.1 Å². The van der Waals surface area contributed by atoms with Gasteiger partial charge in [0.25, 0.3) is 5.69 Å². The molecule has 0 aliphatic carbocycles. The third kappa shape index (κ3) is 3.11. The van der Waals surface area contributed by atoms with E-state index in [1.807, 2.05) is 25.3 Å². The number of fused-ring (bicyclic) bond motifs is 1. The van der Waals surface area contributed by atoms with Gasteiger partial charge < -0.3 is 0 Å². The first-order valence-corrected chi connectivity index (χ1v) is 7.36. The van der Waals surface area contributed by atoms with Crippen molar-refractivity contribution in [3.05, 3.63) is 81.5 Å². The highest BCUT2D eigenvalue weighted by molar-refractivity contribution is 5.78. The van der Waals surface area contributed by atoms with Crippen LogP contribution < -0.4 is 4.57 Å². The Kier molecular flexibility index (Phi) is 3.89. The van der Waals surface area contributed by atoms with E-state index in [0.717, 1.165) is 16.8 Å². The van der Waals surface area contributed by atoms with Crippen LogP contribution in [0.2, 0.25) is 0 Å². The number of hydrogen-bond acceptors (Lipinski definition) is 2. The minimum atomic E-state index is -0.379. The average Bonchev–Trinajstić information content (AvgIpc) is 2.54. The Morgan fingerprint density at radius 1 is 1.04 bits per heavy atom. The summed E-state index contributed by atoms with van der Waals surface area (Å²) in [6.45, 7) is 2.08. The van der Waals surface area contributed by atoms with Gasteiger partial charge in [-0.25, -0.2) is 0 Å². The first kappa shape index (κ1) is 14.9. The molecule has 0 aliphatic rings. The van der Waals surface area contributed by atoms with Crippen LogP contribution in [0.1, 0.15) is 16.8 Å². The summed E-state index contributed by atoms with van der Waals surface area (Å²) in [5.41, 5.74) is 4.33. The maximum absolute atomic E-state index is 10.8. The molecule has 1 aromatic heterocycles. The third-order valence-corrected chi connectivity index (χ3v) is 3.89. The zero-order valence-electron chi connectivity index (χ0n) is 13.1. The monoisotopic (exact) mass is 305 g/mol. The Morgan fingerprint density at radius 3 is 2.65 bits per heavy atom. The summed E-state index contributed by atoms with van der Waals surface area (Å²) in [5, 5.41) is 12.0. The summed E-state index contributed by atoms with van der Waals surface area (Å²) in [4.78, 5) is 10.5. The highest BCUT2D eigenvalue weighted by Crippen LogP contribution is 2.17. The normalized spacial score (nSPS) is 11.2. The number of benzene rings is 2. The summed E-state index contributed by atoms with van der Waals surface area (Å²) >= 11 is 0. The predicted octanol–water partition coefficient (Wildman–Crippen LogP) is 4.05. The zero-order chi connectivity index (χ0) is 16.4. The molecule has 0 atom stereocenters. The van der Waals surface area contributed by atoms with Gasteiger partial charge in [-0.2, -0.15) is 4.57 Å². The minimum absolute atomic E-state index is 0.102. The number of non-ortho nitro benzene ring substituents is 1. The minimum Gasteiger partial charge on any atom is -0.258 e. The molecule has 0 saturated heterocycles. The van der Waals surface area contributed by atoms with Gasteiger partial charge in [0.1, 0.15) is 7.05 Å². The molecular weight excluding hydrogens is 288 g/mol. The van der Waals surface area contributed by atoms with E-state index in [1.165, 1.54) is 17.0 Å². The van der Waals surface area contributed by atoms with Crippen molar-refractivity contribution >= 4 is 28.7 Å². The first-order chi connectivity index (χ1) is 11.0. The van der Waals surface area contributed by atoms with Crippen molar-refractivity contribution in [2.24, 2.45) is 7.05 Å². The molecular formula is C19H17N2O2+. The number of aryl methyl sites for hydroxylation is 2. The number of rotatable bonds is 3. The molecule has 0 aliphatic heterocycles. The topological polar surface area (TPSA) is 47.0 Å². The molecule has 4 heteroatoms. The van der Waals surface area contributed by atoms with Crippen molar-refractivity contribution in [2.75, 3.05) is 0 Å². The molecule has 3 aromatic rings. The fourth-order valence-electron chi connectivity index (χ4n) is 2.63. The Balaban J connectivity index is 1.98. The second-order valence-corrected chi connectivity index (χ2v) is 5.56. The molecule has 0 radical (unpaired) electrons. The van der Waals surface area contributed by atoms with Crippen LogP contribution >= 0.6 is 0 Å². The third-order valence-electron chi connectivity index (χ3n) is 3.89. The molecule has 0 bridgehead atoms. The Morgan fingerprint density at radius 2 is 1.87 bits per heavy atom. The van der Waals surface area contributed by atoms with Crippen LogP contribution in [-0.2, 0) is 7.05 Å². The Bertz CT molecular complexity index is 930. The lowest BCUT2D eigenvalue weighted by molar-refractivity contribution is -0.646. The van der Waals surface area contributed by atoms with Crippen molar-refractivity contribution in [3.63, 3.8) is 0 Å². The van der Waals surface area contributed by atoms with Crippen LogP contribution in [0, 0.1) is 17.0 Å². The number of aromatic nitrogens is 1. The molecule has 23 heavy (non-hydrogen) atoms. The van der Waals surface area contributed by atoms with E-state index in [2.05, 4.69) is 41.8 Å². The number of nitrogens with zero attached hydrogens (tertiary/aromatic N) is 2. The van der Waals surface area contributed by atoms with Gasteiger partial charge in [0.05, 0.1) is 4.92 Å². The highest BCUT2D eigenvalue weighted by Gasteiger charge is 2.09. The second kappa shape index (κ2) is 6.01. The fraction of sp³-hybridized carbons (Fsp3) is 0.105. The van der Waals surface area contributed by atoms with Crippen molar-refractivity contribution in [3.8, 4) is 0 Å². The highest BCUT2D eigenvalue weighted by atomic mass is 16.6. The van der Waals surface area contributed by atoms with Gasteiger partial charge >= 0.3 is 0 Å². The molecule has 0 saturated carbocycles. The summed E-state index contributed by atoms with van der Waals surface area (Å²) < 4.78 is 2.11. The lowest BCUT2D eigenvalue weighted by atomic mass is 10.1. The van der Waals surface area contributed by atoms with Gasteiger partial charge in [-0.15, -0.1) is 0 Å². The number of pyridine rings is 1. The van der Waals surface area contributed by atoms with Crippen molar-refractivity contribution in [1.82, 2.24) is 0 Å². The SMILES string of the molecule is Cc1ccc2c(ccc(/C=C\c3cccc([N+](=O)[O-])c3)[n+]2C)c1. The standard InChI is InChI=1S/C19H17N2O2/c1-14-6-11-19-16(12-14)8-10-17(20(19)2)9-7-15-4-3-5-18(13-15)21(22)23/h3-13H,1-2H3/q+1/b9-7-. The summed E-state index contributed by atoms with van der Waals surface area (Å²) in [5.74, 6) is 0. The summed E-state index contributed by atoms with van der Waals surface area (Å²) in [7, 11) is 2.02. The van der Waals surface area contributed by atoms with E-state index in [1.54, 1.807) is 12.1 Å². The summed E-state index contributed by atoms with van der Waals surface area (Å²) in [6.07, 6.45) is 3.86. The quantitative estimate of drug-likeness (QED) is 0.416. The molecule has 1 heterocycles. The Hall–Kier alpha value is -3.01. The van der Waals surface area contributed by atoms with E-state index < -0.39 is 0 Å². The number of hydrogen-bond donors (Lipinski definition) is 0. The lowest BCUT2D eigenvalue weighted by Gasteiger charge is -2.01. The maximum atomic E-state index is 10.8. The molecule has 4 nitrogen and oxygen atoms in total. The van der Waals surface area contributed by atoms with Crippen LogP contribution in [0.15, 0.2) is 54.6 Å². The molecule has 3 rings (SSSR count). The van der Waals surface area contributed by atoms with E-state index >= 15 is 0 Å². The largest absolute Gasteiger partial charge is 0.270 e. The van der Waals surface area contributed by atoms with Crippen molar-refractivity contribution < 1.29 is 9.49 Å². The second-order valence-electron chi connectivity index (χ2n) is 5.56. The van der Waals surface area contributed by atoms with Crippen LogP contribution in [-0.4, -0.2) is 4.92 Å². The molecule has 0 fully saturated rings. The number of nitro groups is 1. The first-order valence-electron chi connectivity index (χ1n) is 7.36. The molecule has 0 amide bonds. The molecule has 0 N–H and O–H groups in total. The van der Waals surface area contributed by atoms with Crippen molar-refractivity contribution in [2.45, 2.75) is 6.92 Å². The zero-order valence-corrected chi connectivity index (χ0v) is 13.1. The van der Waals surface area contributed by atoms with Crippen LogP contribution in [0.25, 0.3) is 23.1 Å². The molecule has 0 unspecified atom stereocenters. The van der Waals surface area contributed by atoms with Gasteiger partial charge in [-0.05, 0) is 30.7 Å². The van der Waals surface area contributed by atoms with Gasteiger partial charge in [0.15, 0.2) is 0 Å². The Labute approximate surface area is 134 Å². The van der Waals surface area contributed by atoms with E-state index in [4.69, 9.17) is 0 Å². The average molecular weight is 305 g/mol. The molecule has 0 spiro atoms. The van der Waals surface area contributed by atoms with Crippen LogP contribution in [0.4, 0.5) is 5.69 Å². The van der Waals surface area contributed by atoms with E-state index in [9.17, 15) is 10.1 Å². The van der Waals surface area contributed by atoms with Crippen molar-refractivity contribution in [1.29, 1.82) is 0 Å². The van der Waals surface area contributed by atoms with Gasteiger partial charge in [0, 0.05) is 35.7 Å². The van der Waals surface area contributed by atoms with Crippen LogP contribution in [0.3, 0.4) is 0 Å². The summed E-state index contributed by atoms with van der Waals surface area (Å²) in [6, 6.07) is 17.1.